The van der Waals surface area contributed by atoms with Crippen molar-refractivity contribution in [3.63, 3.8) is 0 Å². The maximum Gasteiger partial charge on any atom is 0.330 e. The zero-order chi connectivity index (χ0) is 12.8. The number of hydrogen-bond donors (Lipinski definition) is 0. The molecular weight excluding hydrogens is 224 g/mol. The first-order valence-corrected chi connectivity index (χ1v) is 6.44. The van der Waals surface area contributed by atoms with E-state index in [-0.39, 0.29) is 5.97 Å². The lowest BCUT2D eigenvalue weighted by Crippen LogP contribution is -1.99. The molecule has 1 aromatic rings. The molecule has 1 aromatic carbocycles. The highest BCUT2D eigenvalue weighted by Crippen LogP contribution is 2.26. The number of allylic oxidation sites excluding steroid dienone is 3. The Morgan fingerprint density at radius 3 is 3.06 bits per heavy atom. The van der Waals surface area contributed by atoms with Crippen molar-refractivity contribution in [2.45, 2.75) is 26.2 Å². The number of benzene rings is 1. The van der Waals surface area contributed by atoms with Gasteiger partial charge in [0.05, 0.1) is 6.61 Å². The van der Waals surface area contributed by atoms with Gasteiger partial charge in [-0.1, -0.05) is 30.3 Å². The maximum absolute atomic E-state index is 11.3. The fourth-order valence-electron chi connectivity index (χ4n) is 2.19. The molecule has 18 heavy (non-hydrogen) atoms. The monoisotopic (exact) mass is 242 g/mol. The Labute approximate surface area is 108 Å². The summed E-state index contributed by atoms with van der Waals surface area (Å²) in [6.45, 7) is 2.23. The van der Waals surface area contributed by atoms with Crippen molar-refractivity contribution in [3.05, 3.63) is 53.6 Å². The number of carbonyl (C=O) groups excluding carboxylic acids is 1. The van der Waals surface area contributed by atoms with Crippen LogP contribution in [0.4, 0.5) is 0 Å². The van der Waals surface area contributed by atoms with Gasteiger partial charge in [0.25, 0.3) is 0 Å². The van der Waals surface area contributed by atoms with Gasteiger partial charge in [-0.3, -0.25) is 0 Å². The molecule has 0 fully saturated rings. The van der Waals surface area contributed by atoms with E-state index in [0.29, 0.717) is 6.61 Å². The van der Waals surface area contributed by atoms with Crippen LogP contribution < -0.4 is 0 Å². The van der Waals surface area contributed by atoms with Gasteiger partial charge in [-0.05, 0) is 49.0 Å². The molecule has 1 aliphatic rings. The number of esters is 1. The molecule has 2 nitrogen and oxygen atoms in total. The Bertz CT molecular complexity index is 484. The van der Waals surface area contributed by atoms with Crippen LogP contribution in [0.2, 0.25) is 0 Å². The summed E-state index contributed by atoms with van der Waals surface area (Å²) in [5.74, 6) is -0.278. The number of hydrogen-bond acceptors (Lipinski definition) is 2. The minimum atomic E-state index is -0.278. The molecule has 0 saturated carbocycles. The van der Waals surface area contributed by atoms with Crippen LogP contribution in [0.25, 0.3) is 5.57 Å². The van der Waals surface area contributed by atoms with E-state index in [2.05, 4.69) is 24.3 Å². The Morgan fingerprint density at radius 2 is 2.22 bits per heavy atom. The van der Waals surface area contributed by atoms with E-state index in [4.69, 9.17) is 4.74 Å². The van der Waals surface area contributed by atoms with E-state index >= 15 is 0 Å². The first-order chi connectivity index (χ1) is 8.81. The lowest BCUT2D eigenvalue weighted by molar-refractivity contribution is -0.137. The molecule has 0 radical (unpaired) electrons. The first-order valence-electron chi connectivity index (χ1n) is 6.44. The van der Waals surface area contributed by atoms with Gasteiger partial charge >= 0.3 is 5.97 Å². The zero-order valence-electron chi connectivity index (χ0n) is 10.7. The molecule has 0 aliphatic heterocycles. The van der Waals surface area contributed by atoms with E-state index in [1.807, 2.05) is 19.1 Å². The fraction of sp³-hybridized carbons (Fsp3) is 0.312. The van der Waals surface area contributed by atoms with Gasteiger partial charge in [0, 0.05) is 6.08 Å². The third kappa shape index (κ3) is 3.10. The second kappa shape index (κ2) is 6.20. The van der Waals surface area contributed by atoms with Crippen molar-refractivity contribution in [1.82, 2.24) is 0 Å². The summed E-state index contributed by atoms with van der Waals surface area (Å²) >= 11 is 0. The van der Waals surface area contributed by atoms with Crippen molar-refractivity contribution in [3.8, 4) is 0 Å². The van der Waals surface area contributed by atoms with E-state index < -0.39 is 0 Å². The molecule has 94 valence electrons. The number of ether oxygens (including phenoxy) is 1. The Balaban J connectivity index is 2.22. The molecule has 1 aliphatic carbocycles. The molecule has 0 aromatic heterocycles. The largest absolute Gasteiger partial charge is 0.463 e. The fourth-order valence-corrected chi connectivity index (χ4v) is 2.19. The molecule has 2 heteroatoms. The third-order valence-corrected chi connectivity index (χ3v) is 3.03. The topological polar surface area (TPSA) is 26.3 Å². The van der Waals surface area contributed by atoms with Crippen LogP contribution >= 0.6 is 0 Å². The van der Waals surface area contributed by atoms with Gasteiger partial charge in [0.1, 0.15) is 0 Å². The molecule has 0 unspecified atom stereocenters. The van der Waals surface area contributed by atoms with Gasteiger partial charge in [-0.2, -0.15) is 0 Å². The number of carbonyl (C=O) groups is 1. The van der Waals surface area contributed by atoms with Gasteiger partial charge in [-0.25, -0.2) is 4.79 Å². The van der Waals surface area contributed by atoms with Crippen LogP contribution in [0.15, 0.2) is 42.5 Å². The van der Waals surface area contributed by atoms with Gasteiger partial charge in [0.15, 0.2) is 0 Å². The number of rotatable bonds is 3. The minimum Gasteiger partial charge on any atom is -0.463 e. The van der Waals surface area contributed by atoms with Crippen molar-refractivity contribution in [2.24, 2.45) is 0 Å². The summed E-state index contributed by atoms with van der Waals surface area (Å²) in [7, 11) is 0. The highest BCUT2D eigenvalue weighted by Gasteiger charge is 2.08. The number of aryl methyl sites for hydroxylation is 1. The van der Waals surface area contributed by atoms with Crippen molar-refractivity contribution < 1.29 is 9.53 Å². The summed E-state index contributed by atoms with van der Waals surface area (Å²) in [4.78, 5) is 11.3. The quantitative estimate of drug-likeness (QED) is 0.598. The molecule has 0 heterocycles. The molecule has 0 bridgehead atoms. The molecule has 0 amide bonds. The van der Waals surface area contributed by atoms with Crippen LogP contribution in [-0.2, 0) is 16.0 Å². The van der Waals surface area contributed by atoms with Gasteiger partial charge in [-0.15, -0.1) is 0 Å². The van der Waals surface area contributed by atoms with Crippen LogP contribution in [-0.4, -0.2) is 12.6 Å². The first kappa shape index (κ1) is 12.6. The van der Waals surface area contributed by atoms with Crippen molar-refractivity contribution >= 4 is 11.5 Å². The third-order valence-electron chi connectivity index (χ3n) is 3.03. The summed E-state index contributed by atoms with van der Waals surface area (Å²) in [5.41, 5.74) is 3.71. The summed E-state index contributed by atoms with van der Waals surface area (Å²) in [6.07, 6.45) is 8.88. The predicted molar refractivity (Wildman–Crippen MR) is 73.1 cm³/mol. The second-order valence-corrected chi connectivity index (χ2v) is 4.29. The highest BCUT2D eigenvalue weighted by atomic mass is 16.5. The highest BCUT2D eigenvalue weighted by molar-refractivity contribution is 5.87. The van der Waals surface area contributed by atoms with E-state index in [1.165, 1.54) is 17.2 Å². The van der Waals surface area contributed by atoms with Gasteiger partial charge < -0.3 is 4.74 Å². The molecular formula is C16H18O2. The number of fused-ring (bicyclic) bond motifs is 1. The van der Waals surface area contributed by atoms with Crippen molar-refractivity contribution in [2.75, 3.05) is 6.61 Å². The Kier molecular flexibility index (Phi) is 4.35. The second-order valence-electron chi connectivity index (χ2n) is 4.29. The standard InChI is InChI=1S/C16H18O2/c1-2-18-16(17)12-11-14-9-4-3-7-13-8-5-6-10-15(13)14/h5-6,8-12H,2-4,7H2,1H3. The van der Waals surface area contributed by atoms with Crippen molar-refractivity contribution in [1.29, 1.82) is 0 Å². The Hall–Kier alpha value is -1.83. The van der Waals surface area contributed by atoms with E-state index in [1.54, 1.807) is 0 Å². The van der Waals surface area contributed by atoms with Crippen LogP contribution in [0, 0.1) is 0 Å². The Morgan fingerprint density at radius 1 is 1.39 bits per heavy atom. The average Bonchev–Trinajstić information content (AvgIpc) is 2.59. The van der Waals surface area contributed by atoms with Crippen LogP contribution in [0.1, 0.15) is 30.9 Å². The molecule has 0 saturated heterocycles. The normalized spacial score (nSPS) is 14.8. The predicted octanol–water partition coefficient (Wildman–Crippen LogP) is 3.53. The smallest absolute Gasteiger partial charge is 0.330 e. The van der Waals surface area contributed by atoms with Gasteiger partial charge in [0.2, 0.25) is 0 Å². The average molecular weight is 242 g/mol. The molecule has 0 spiro atoms. The zero-order valence-corrected chi connectivity index (χ0v) is 10.7. The summed E-state index contributed by atoms with van der Waals surface area (Å²) < 4.78 is 4.90. The molecule has 2 rings (SSSR count). The summed E-state index contributed by atoms with van der Waals surface area (Å²) in [6, 6.07) is 8.38. The SMILES string of the molecule is CCOC(=O)C=CC1=CCCCc2ccccc21. The maximum atomic E-state index is 11.3. The van der Waals surface area contributed by atoms with Crippen LogP contribution in [0.3, 0.4) is 0 Å². The van der Waals surface area contributed by atoms with Crippen LogP contribution in [0.5, 0.6) is 0 Å². The minimum absolute atomic E-state index is 0.278. The molecule has 0 N–H and O–H groups in total. The lowest BCUT2D eigenvalue weighted by Gasteiger charge is -2.06. The summed E-state index contributed by atoms with van der Waals surface area (Å²) in [5, 5.41) is 0. The van der Waals surface area contributed by atoms with E-state index in [9.17, 15) is 4.79 Å². The lowest BCUT2D eigenvalue weighted by atomic mass is 9.99. The van der Waals surface area contributed by atoms with E-state index in [0.717, 1.165) is 24.8 Å². The molecule has 0 atom stereocenters.